The van der Waals surface area contributed by atoms with Crippen molar-refractivity contribution in [2.45, 2.75) is 40.7 Å². The Balaban J connectivity index is 1.93. The fourth-order valence-electron chi connectivity index (χ4n) is 4.76. The number of benzene rings is 2. The van der Waals surface area contributed by atoms with Crippen LogP contribution in [0.3, 0.4) is 0 Å². The van der Waals surface area contributed by atoms with Gasteiger partial charge in [0.15, 0.2) is 0 Å². The summed E-state index contributed by atoms with van der Waals surface area (Å²) in [7, 11) is 1.60. The summed E-state index contributed by atoms with van der Waals surface area (Å²) in [6.07, 6.45) is 0. The molecule has 0 bridgehead atoms. The summed E-state index contributed by atoms with van der Waals surface area (Å²) >= 11 is 0. The Morgan fingerprint density at radius 3 is 2.23 bits per heavy atom. The monoisotopic (exact) mass is 411 g/mol. The van der Waals surface area contributed by atoms with Crippen LogP contribution in [0.1, 0.15) is 34.6 Å². The predicted molar refractivity (Wildman–Crippen MR) is 118 cm³/mol. The number of carbonyl (C=O) groups is 1. The van der Waals surface area contributed by atoms with Crippen LogP contribution in [0.15, 0.2) is 48.5 Å². The van der Waals surface area contributed by atoms with Crippen LogP contribution in [0.4, 0.5) is 21.9 Å². The van der Waals surface area contributed by atoms with Crippen molar-refractivity contribution in [3.8, 4) is 5.75 Å². The molecule has 1 aliphatic rings. The van der Waals surface area contributed by atoms with Crippen molar-refractivity contribution >= 4 is 23.1 Å². The van der Waals surface area contributed by atoms with E-state index in [2.05, 4.69) is 39.9 Å². The highest BCUT2D eigenvalue weighted by Crippen LogP contribution is 2.70. The van der Waals surface area contributed by atoms with E-state index in [-0.39, 0.29) is 28.6 Å². The largest absolute Gasteiger partial charge is 0.497 e. The molecule has 1 fully saturated rings. The number of rotatable bonds is 6. The van der Waals surface area contributed by atoms with E-state index in [1.807, 2.05) is 24.3 Å². The van der Waals surface area contributed by atoms with Crippen molar-refractivity contribution in [1.82, 2.24) is 0 Å². The van der Waals surface area contributed by atoms with Crippen LogP contribution in [-0.4, -0.2) is 24.1 Å². The van der Waals surface area contributed by atoms with Crippen LogP contribution in [-0.2, 0) is 0 Å². The number of hydrogen-bond acceptors (Lipinski definition) is 4. The third-order valence-electron chi connectivity index (χ3n) is 6.90. The number of nitro benzene ring substituents is 1. The zero-order valence-electron chi connectivity index (χ0n) is 18.3. The van der Waals surface area contributed by atoms with Crippen molar-refractivity contribution in [3.63, 3.8) is 0 Å². The molecule has 0 heterocycles. The van der Waals surface area contributed by atoms with Gasteiger partial charge in [0.05, 0.1) is 12.0 Å². The van der Waals surface area contributed by atoms with E-state index >= 15 is 0 Å². The minimum Gasteiger partial charge on any atom is -0.497 e. The number of methoxy groups -OCH3 is 1. The molecule has 7 nitrogen and oxygen atoms in total. The highest BCUT2D eigenvalue weighted by atomic mass is 16.6. The van der Waals surface area contributed by atoms with E-state index in [1.54, 1.807) is 24.1 Å². The lowest BCUT2D eigenvalue weighted by molar-refractivity contribution is -0.384. The third-order valence-corrected chi connectivity index (χ3v) is 6.90. The summed E-state index contributed by atoms with van der Waals surface area (Å²) in [6, 6.07) is 12.9. The van der Waals surface area contributed by atoms with E-state index in [1.165, 1.54) is 12.1 Å². The molecule has 0 spiro atoms. The van der Waals surface area contributed by atoms with Gasteiger partial charge in [-0.1, -0.05) is 33.8 Å². The molecule has 7 heteroatoms. The maximum Gasteiger partial charge on any atom is 0.326 e. The summed E-state index contributed by atoms with van der Waals surface area (Å²) in [5.41, 5.74) is 1.23. The molecule has 1 aliphatic carbocycles. The molecule has 1 atom stereocenters. The molecule has 30 heavy (non-hydrogen) atoms. The van der Waals surface area contributed by atoms with Crippen molar-refractivity contribution < 1.29 is 14.5 Å². The van der Waals surface area contributed by atoms with E-state index in [9.17, 15) is 14.9 Å². The number of carbonyl (C=O) groups excluding carboxylic acids is 1. The smallest absolute Gasteiger partial charge is 0.326 e. The lowest BCUT2D eigenvalue weighted by atomic mass is 10.0. The Morgan fingerprint density at radius 2 is 1.73 bits per heavy atom. The SMILES string of the molecule is COc1ccc(N(C(=O)Nc2cccc([N+](=O)[O-])c2)C(C)C2C(C)(C)C2(C)C)cc1. The molecular weight excluding hydrogens is 382 g/mol. The summed E-state index contributed by atoms with van der Waals surface area (Å²) in [4.78, 5) is 25.7. The van der Waals surface area contributed by atoms with Gasteiger partial charge in [0.25, 0.3) is 5.69 Å². The number of urea groups is 1. The second-order valence-electron chi connectivity index (χ2n) is 8.97. The molecule has 2 amide bonds. The second kappa shape index (κ2) is 7.63. The average molecular weight is 412 g/mol. The average Bonchev–Trinajstić information content (AvgIpc) is 3.10. The zero-order valence-corrected chi connectivity index (χ0v) is 18.3. The van der Waals surface area contributed by atoms with Crippen LogP contribution in [0, 0.1) is 26.9 Å². The minimum absolute atomic E-state index is 0.0682. The number of nitrogens with zero attached hydrogens (tertiary/aromatic N) is 2. The van der Waals surface area contributed by atoms with Gasteiger partial charge in [0.1, 0.15) is 5.75 Å². The van der Waals surface area contributed by atoms with Crippen molar-refractivity contribution in [1.29, 1.82) is 0 Å². The molecule has 3 rings (SSSR count). The maximum absolute atomic E-state index is 13.4. The molecule has 0 aliphatic heterocycles. The Labute approximate surface area is 177 Å². The summed E-state index contributed by atoms with van der Waals surface area (Å²) < 4.78 is 5.24. The van der Waals surface area contributed by atoms with E-state index < -0.39 is 4.92 Å². The lowest BCUT2D eigenvalue weighted by Gasteiger charge is -2.31. The number of anilines is 2. The van der Waals surface area contributed by atoms with E-state index in [4.69, 9.17) is 4.74 Å². The molecule has 0 saturated heterocycles. The van der Waals surface area contributed by atoms with Crippen LogP contribution in [0.25, 0.3) is 0 Å². The second-order valence-corrected chi connectivity index (χ2v) is 8.97. The van der Waals surface area contributed by atoms with E-state index in [0.717, 1.165) is 5.69 Å². The third kappa shape index (κ3) is 3.72. The van der Waals surface area contributed by atoms with Crippen LogP contribution in [0.2, 0.25) is 0 Å². The Hall–Kier alpha value is -3.09. The Kier molecular flexibility index (Phi) is 5.50. The van der Waals surface area contributed by atoms with Gasteiger partial charge >= 0.3 is 6.03 Å². The first-order chi connectivity index (χ1) is 14.0. The number of ether oxygens (including phenoxy) is 1. The topological polar surface area (TPSA) is 84.7 Å². The Morgan fingerprint density at radius 1 is 1.13 bits per heavy atom. The van der Waals surface area contributed by atoms with Gasteiger partial charge in [0, 0.05) is 29.5 Å². The van der Waals surface area contributed by atoms with Crippen LogP contribution in [0.5, 0.6) is 5.75 Å². The fourth-order valence-corrected chi connectivity index (χ4v) is 4.76. The highest BCUT2D eigenvalue weighted by molar-refractivity contribution is 6.02. The number of nitrogens with one attached hydrogen (secondary N) is 1. The fraction of sp³-hybridized carbons (Fsp3) is 0.435. The molecular formula is C23H29N3O4. The normalized spacial score (nSPS) is 17.7. The molecule has 1 unspecified atom stereocenters. The molecule has 160 valence electrons. The first kappa shape index (κ1) is 21.6. The first-order valence-electron chi connectivity index (χ1n) is 9.99. The highest BCUT2D eigenvalue weighted by Gasteiger charge is 2.67. The molecule has 2 aromatic rings. The van der Waals surface area contributed by atoms with Crippen LogP contribution < -0.4 is 15.0 Å². The van der Waals surface area contributed by atoms with Gasteiger partial charge in [0.2, 0.25) is 0 Å². The lowest BCUT2D eigenvalue weighted by Crippen LogP contribution is -2.44. The minimum atomic E-state index is -0.477. The maximum atomic E-state index is 13.4. The van der Waals surface area contributed by atoms with Gasteiger partial charge < -0.3 is 10.1 Å². The summed E-state index contributed by atoms with van der Waals surface area (Å²) in [5.74, 6) is 1.00. The predicted octanol–water partition coefficient (Wildman–Crippen LogP) is 5.71. The molecule has 1 saturated carbocycles. The van der Waals surface area contributed by atoms with Crippen molar-refractivity contribution in [3.05, 3.63) is 58.6 Å². The van der Waals surface area contributed by atoms with Crippen molar-refractivity contribution in [2.75, 3.05) is 17.3 Å². The molecule has 0 aromatic heterocycles. The van der Waals surface area contributed by atoms with E-state index in [0.29, 0.717) is 17.4 Å². The van der Waals surface area contributed by atoms with Crippen molar-refractivity contribution in [2.24, 2.45) is 16.7 Å². The number of nitro groups is 1. The quantitative estimate of drug-likeness (QED) is 0.487. The Bertz CT molecular complexity index is 939. The molecule has 0 radical (unpaired) electrons. The standard InChI is InChI=1S/C23H29N3O4/c1-15(20-22(2,3)23(20,4)5)25(17-10-12-19(30-6)13-11-17)21(27)24-16-8-7-9-18(14-16)26(28)29/h7-15,20H,1-6H3,(H,24,27). The van der Waals surface area contributed by atoms with Gasteiger partial charge in [-0.2, -0.15) is 0 Å². The molecule has 1 N–H and O–H groups in total. The van der Waals surface area contributed by atoms with Gasteiger partial charge in [-0.25, -0.2) is 4.79 Å². The zero-order chi connectivity index (χ0) is 22.3. The van der Waals surface area contributed by atoms with Crippen LogP contribution >= 0.6 is 0 Å². The number of non-ortho nitro benzene ring substituents is 1. The van der Waals surface area contributed by atoms with Gasteiger partial charge in [-0.15, -0.1) is 0 Å². The number of hydrogen-bond donors (Lipinski definition) is 1. The molecule has 2 aromatic carbocycles. The number of amides is 2. The van der Waals surface area contributed by atoms with Gasteiger partial charge in [-0.3, -0.25) is 15.0 Å². The summed E-state index contributed by atoms with van der Waals surface area (Å²) in [5, 5.41) is 13.9. The first-order valence-corrected chi connectivity index (χ1v) is 9.99. The summed E-state index contributed by atoms with van der Waals surface area (Å²) in [6.45, 7) is 10.9. The van der Waals surface area contributed by atoms with Gasteiger partial charge in [-0.05, 0) is 54.0 Å².